The maximum Gasteiger partial charge on any atom is 0.272 e. The van der Waals surface area contributed by atoms with Gasteiger partial charge in [0.1, 0.15) is 0 Å². The van der Waals surface area contributed by atoms with E-state index in [1.807, 2.05) is 48.5 Å². The second-order valence-corrected chi connectivity index (χ2v) is 5.61. The minimum atomic E-state index is -0.239. The predicted molar refractivity (Wildman–Crippen MR) is 98.7 cm³/mol. The van der Waals surface area contributed by atoms with E-state index in [9.17, 15) is 4.79 Å². The number of nitrogens with zero attached hydrogens (tertiary/aromatic N) is 2. The number of hydrogen-bond acceptors (Lipinski definition) is 4. The first-order chi connectivity index (χ1) is 12.3. The highest BCUT2D eigenvalue weighted by Crippen LogP contribution is 2.19. The monoisotopic (exact) mass is 332 g/mol. The van der Waals surface area contributed by atoms with Crippen molar-refractivity contribution in [3.8, 4) is 0 Å². The van der Waals surface area contributed by atoms with Crippen molar-refractivity contribution in [1.29, 1.82) is 0 Å². The fraction of sp³-hybridized carbons (Fsp3) is 0.150. The van der Waals surface area contributed by atoms with Crippen LogP contribution in [0.4, 0.5) is 11.5 Å². The highest BCUT2D eigenvalue weighted by atomic mass is 16.1. The smallest absolute Gasteiger partial charge is 0.272 e. The van der Waals surface area contributed by atoms with Crippen molar-refractivity contribution < 1.29 is 4.79 Å². The molecule has 3 aromatic rings. The minimum absolute atomic E-state index is 0.239. The number of rotatable bonds is 6. The van der Waals surface area contributed by atoms with Crippen LogP contribution in [0.3, 0.4) is 0 Å². The SMILES string of the molecule is CCc1ccccc1Nc1ccc(C(=O)NCc2ccccc2)nn1. The van der Waals surface area contributed by atoms with E-state index in [2.05, 4.69) is 33.8 Å². The van der Waals surface area contributed by atoms with Crippen LogP contribution in [0, 0.1) is 0 Å². The van der Waals surface area contributed by atoms with Crippen molar-refractivity contribution in [2.75, 3.05) is 5.32 Å². The largest absolute Gasteiger partial charge is 0.347 e. The molecule has 3 rings (SSSR count). The van der Waals surface area contributed by atoms with Crippen molar-refractivity contribution in [2.24, 2.45) is 0 Å². The summed E-state index contributed by atoms with van der Waals surface area (Å²) in [6, 6.07) is 21.2. The van der Waals surface area contributed by atoms with Gasteiger partial charge in [0.25, 0.3) is 5.91 Å². The zero-order valence-electron chi connectivity index (χ0n) is 14.1. The van der Waals surface area contributed by atoms with Gasteiger partial charge in [-0.05, 0) is 35.7 Å². The molecule has 0 spiro atoms. The van der Waals surface area contributed by atoms with Gasteiger partial charge in [-0.3, -0.25) is 4.79 Å². The number of aryl methyl sites for hydroxylation is 1. The topological polar surface area (TPSA) is 66.9 Å². The third-order valence-corrected chi connectivity index (χ3v) is 3.85. The number of carbonyl (C=O) groups is 1. The van der Waals surface area contributed by atoms with Gasteiger partial charge in [-0.15, -0.1) is 10.2 Å². The van der Waals surface area contributed by atoms with Gasteiger partial charge in [0.2, 0.25) is 0 Å². The second kappa shape index (κ2) is 8.06. The van der Waals surface area contributed by atoms with Gasteiger partial charge < -0.3 is 10.6 Å². The molecule has 0 radical (unpaired) electrons. The summed E-state index contributed by atoms with van der Waals surface area (Å²) in [6.07, 6.45) is 0.927. The van der Waals surface area contributed by atoms with Gasteiger partial charge in [0.05, 0.1) is 0 Å². The number of nitrogens with one attached hydrogen (secondary N) is 2. The fourth-order valence-corrected chi connectivity index (χ4v) is 2.48. The lowest BCUT2D eigenvalue weighted by molar-refractivity contribution is 0.0945. The number of aromatic nitrogens is 2. The Hall–Kier alpha value is -3.21. The molecule has 0 saturated heterocycles. The molecule has 1 heterocycles. The van der Waals surface area contributed by atoms with Crippen LogP contribution in [-0.2, 0) is 13.0 Å². The van der Waals surface area contributed by atoms with Crippen molar-refractivity contribution in [3.63, 3.8) is 0 Å². The van der Waals surface area contributed by atoms with E-state index in [-0.39, 0.29) is 5.91 Å². The third kappa shape index (κ3) is 4.41. The molecule has 25 heavy (non-hydrogen) atoms. The number of hydrogen-bond donors (Lipinski definition) is 2. The highest BCUT2D eigenvalue weighted by molar-refractivity contribution is 5.92. The van der Waals surface area contributed by atoms with Gasteiger partial charge in [0.15, 0.2) is 11.5 Å². The first-order valence-electron chi connectivity index (χ1n) is 8.27. The zero-order chi connectivity index (χ0) is 17.5. The van der Waals surface area contributed by atoms with Crippen molar-refractivity contribution in [3.05, 3.63) is 83.6 Å². The summed E-state index contributed by atoms with van der Waals surface area (Å²) in [6.45, 7) is 2.57. The van der Waals surface area contributed by atoms with Crippen LogP contribution >= 0.6 is 0 Å². The molecule has 0 aliphatic heterocycles. The molecule has 1 aromatic heterocycles. The van der Waals surface area contributed by atoms with Crippen molar-refractivity contribution >= 4 is 17.4 Å². The molecule has 0 aliphatic carbocycles. The Kier molecular flexibility index (Phi) is 5.36. The van der Waals surface area contributed by atoms with Crippen LogP contribution in [0.2, 0.25) is 0 Å². The molecule has 5 nitrogen and oxygen atoms in total. The van der Waals surface area contributed by atoms with E-state index < -0.39 is 0 Å². The minimum Gasteiger partial charge on any atom is -0.347 e. The normalized spacial score (nSPS) is 10.3. The highest BCUT2D eigenvalue weighted by Gasteiger charge is 2.08. The van der Waals surface area contributed by atoms with Crippen LogP contribution in [0.15, 0.2) is 66.7 Å². The molecule has 0 unspecified atom stereocenters. The van der Waals surface area contributed by atoms with Crippen LogP contribution < -0.4 is 10.6 Å². The van der Waals surface area contributed by atoms with Gasteiger partial charge in [0, 0.05) is 12.2 Å². The van der Waals surface area contributed by atoms with Crippen LogP contribution in [0.5, 0.6) is 0 Å². The standard InChI is InChI=1S/C20H20N4O/c1-2-16-10-6-7-11-17(16)22-19-13-12-18(23-24-19)20(25)21-14-15-8-4-3-5-9-15/h3-13H,2,14H2,1H3,(H,21,25)(H,22,24). The summed E-state index contributed by atoms with van der Waals surface area (Å²) >= 11 is 0. The lowest BCUT2D eigenvalue weighted by atomic mass is 10.1. The van der Waals surface area contributed by atoms with Crippen LogP contribution in [0.1, 0.15) is 28.5 Å². The molecule has 5 heteroatoms. The molecule has 0 saturated carbocycles. The lowest BCUT2D eigenvalue weighted by Crippen LogP contribution is -2.24. The van der Waals surface area contributed by atoms with Crippen LogP contribution in [0.25, 0.3) is 0 Å². The number of benzene rings is 2. The summed E-state index contributed by atoms with van der Waals surface area (Å²) in [4.78, 5) is 12.2. The lowest BCUT2D eigenvalue weighted by Gasteiger charge is -2.10. The summed E-state index contributed by atoms with van der Waals surface area (Å²) < 4.78 is 0. The first-order valence-corrected chi connectivity index (χ1v) is 8.27. The fourth-order valence-electron chi connectivity index (χ4n) is 2.48. The van der Waals surface area contributed by atoms with E-state index >= 15 is 0 Å². The molecule has 0 aliphatic rings. The Labute approximate surface area is 147 Å². The van der Waals surface area contributed by atoms with E-state index in [1.54, 1.807) is 12.1 Å². The molecule has 2 aromatic carbocycles. The molecule has 2 N–H and O–H groups in total. The summed E-state index contributed by atoms with van der Waals surface area (Å²) in [5.41, 5.74) is 3.54. The van der Waals surface area contributed by atoms with E-state index in [0.717, 1.165) is 17.7 Å². The van der Waals surface area contributed by atoms with Gasteiger partial charge >= 0.3 is 0 Å². The van der Waals surface area contributed by atoms with Crippen LogP contribution in [-0.4, -0.2) is 16.1 Å². The third-order valence-electron chi connectivity index (χ3n) is 3.85. The molecule has 126 valence electrons. The number of anilines is 2. The quantitative estimate of drug-likeness (QED) is 0.722. The second-order valence-electron chi connectivity index (χ2n) is 5.61. The van der Waals surface area contributed by atoms with Crippen molar-refractivity contribution in [2.45, 2.75) is 19.9 Å². The van der Waals surface area contributed by atoms with Gasteiger partial charge in [-0.25, -0.2) is 0 Å². The Morgan fingerprint density at radius 3 is 2.40 bits per heavy atom. The molecule has 0 atom stereocenters. The Bertz CT molecular complexity index is 832. The van der Waals surface area contributed by atoms with E-state index in [0.29, 0.717) is 18.1 Å². The number of carbonyl (C=O) groups excluding carboxylic acids is 1. The Morgan fingerprint density at radius 2 is 1.68 bits per heavy atom. The maximum atomic E-state index is 12.2. The Morgan fingerprint density at radius 1 is 0.920 bits per heavy atom. The molecular weight excluding hydrogens is 312 g/mol. The number of amides is 1. The maximum absolute atomic E-state index is 12.2. The van der Waals surface area contributed by atoms with Gasteiger partial charge in [-0.2, -0.15) is 0 Å². The number of para-hydroxylation sites is 1. The molecule has 0 bridgehead atoms. The summed E-state index contributed by atoms with van der Waals surface area (Å²) in [5, 5.41) is 14.2. The zero-order valence-corrected chi connectivity index (χ0v) is 14.1. The van der Waals surface area contributed by atoms with E-state index in [4.69, 9.17) is 0 Å². The van der Waals surface area contributed by atoms with E-state index in [1.165, 1.54) is 5.56 Å². The van der Waals surface area contributed by atoms with Gasteiger partial charge in [-0.1, -0.05) is 55.5 Å². The molecule has 1 amide bonds. The van der Waals surface area contributed by atoms with Crippen molar-refractivity contribution in [1.82, 2.24) is 15.5 Å². The Balaban J connectivity index is 1.62. The summed E-state index contributed by atoms with van der Waals surface area (Å²) in [7, 11) is 0. The molecular formula is C20H20N4O. The molecule has 0 fully saturated rings. The predicted octanol–water partition coefficient (Wildman–Crippen LogP) is 3.71. The first kappa shape index (κ1) is 16.6. The average molecular weight is 332 g/mol. The average Bonchev–Trinajstić information content (AvgIpc) is 2.68. The summed E-state index contributed by atoms with van der Waals surface area (Å²) in [5.74, 6) is 0.373.